The fourth-order valence-electron chi connectivity index (χ4n) is 2.31. The van der Waals surface area contributed by atoms with Gasteiger partial charge < -0.3 is 15.8 Å². The number of hydrogen-bond donors (Lipinski definition) is 2. The minimum absolute atomic E-state index is 0.128. The van der Waals surface area contributed by atoms with E-state index in [4.69, 9.17) is 10.5 Å². The number of nitrogens with two attached hydrogens (primary N) is 1. The number of nitrogen functional groups attached to an aromatic ring is 1. The molecule has 3 N–H and O–H groups in total. The molecule has 0 unspecified atom stereocenters. The van der Waals surface area contributed by atoms with Gasteiger partial charge in [0, 0.05) is 12.2 Å². The van der Waals surface area contributed by atoms with Crippen molar-refractivity contribution in [1.82, 2.24) is 15.3 Å². The minimum atomic E-state index is -0.225. The summed E-state index contributed by atoms with van der Waals surface area (Å²) in [5.41, 5.74) is 7.94. The Labute approximate surface area is 142 Å². The lowest BCUT2D eigenvalue weighted by molar-refractivity contribution is 0.0948. The molecule has 2 aromatic rings. The average molecular weight is 328 g/mol. The van der Waals surface area contributed by atoms with Crippen molar-refractivity contribution >= 4 is 11.9 Å². The van der Waals surface area contributed by atoms with Crippen LogP contribution in [0.2, 0.25) is 0 Å². The molecule has 0 radical (unpaired) electrons. The second-order valence-electron chi connectivity index (χ2n) is 5.90. The maximum atomic E-state index is 12.2. The quantitative estimate of drug-likeness (QED) is 0.762. The molecule has 1 amide bonds. The number of aryl methyl sites for hydroxylation is 1. The first kappa shape index (κ1) is 17.7. The summed E-state index contributed by atoms with van der Waals surface area (Å²) >= 11 is 0. The Balaban J connectivity index is 1.87. The van der Waals surface area contributed by atoms with Crippen molar-refractivity contribution in [3.8, 4) is 5.75 Å². The van der Waals surface area contributed by atoms with Crippen LogP contribution in [0.4, 0.5) is 5.95 Å². The third-order valence-corrected chi connectivity index (χ3v) is 3.65. The summed E-state index contributed by atoms with van der Waals surface area (Å²) in [6.45, 7) is 4.56. The number of aromatic nitrogens is 2. The summed E-state index contributed by atoms with van der Waals surface area (Å²) in [4.78, 5) is 20.4. The van der Waals surface area contributed by atoms with Gasteiger partial charge in [0.15, 0.2) is 0 Å². The van der Waals surface area contributed by atoms with E-state index in [1.54, 1.807) is 13.2 Å². The third-order valence-electron chi connectivity index (χ3n) is 3.65. The van der Waals surface area contributed by atoms with Gasteiger partial charge in [-0.05, 0) is 42.5 Å². The molecule has 1 heterocycles. The summed E-state index contributed by atoms with van der Waals surface area (Å²) in [5, 5.41) is 2.88. The highest BCUT2D eigenvalue weighted by Gasteiger charge is 2.12. The molecule has 0 aliphatic rings. The van der Waals surface area contributed by atoms with Gasteiger partial charge >= 0.3 is 0 Å². The number of benzene rings is 1. The van der Waals surface area contributed by atoms with Crippen molar-refractivity contribution in [2.45, 2.75) is 32.6 Å². The van der Waals surface area contributed by atoms with Gasteiger partial charge in [-0.15, -0.1) is 0 Å². The Morgan fingerprint density at radius 3 is 2.79 bits per heavy atom. The normalized spacial score (nSPS) is 10.7. The topological polar surface area (TPSA) is 90.1 Å². The zero-order valence-electron chi connectivity index (χ0n) is 14.4. The Bertz CT molecular complexity index is 701. The van der Waals surface area contributed by atoms with Gasteiger partial charge in [0.1, 0.15) is 11.4 Å². The lowest BCUT2D eigenvalue weighted by atomic mass is 10.1. The zero-order chi connectivity index (χ0) is 17.5. The van der Waals surface area contributed by atoms with Crippen molar-refractivity contribution in [2.75, 3.05) is 19.4 Å². The number of rotatable bonds is 7. The van der Waals surface area contributed by atoms with Crippen molar-refractivity contribution in [3.63, 3.8) is 0 Å². The molecule has 1 aromatic carbocycles. The molecular weight excluding hydrogens is 304 g/mol. The molecule has 0 spiro atoms. The van der Waals surface area contributed by atoms with Crippen LogP contribution in [0.5, 0.6) is 5.75 Å². The van der Waals surface area contributed by atoms with Crippen LogP contribution in [0.15, 0.2) is 30.3 Å². The molecule has 6 heteroatoms. The minimum Gasteiger partial charge on any atom is -0.497 e. The third kappa shape index (κ3) is 4.94. The van der Waals surface area contributed by atoms with Crippen molar-refractivity contribution in [3.05, 3.63) is 47.3 Å². The van der Waals surface area contributed by atoms with Crippen LogP contribution in [-0.2, 0) is 6.42 Å². The predicted molar refractivity (Wildman–Crippen MR) is 94.2 cm³/mol. The van der Waals surface area contributed by atoms with Crippen LogP contribution in [0.1, 0.15) is 47.9 Å². The number of methoxy groups -OCH3 is 1. The van der Waals surface area contributed by atoms with Gasteiger partial charge in [-0.2, -0.15) is 0 Å². The lowest BCUT2D eigenvalue weighted by Crippen LogP contribution is -2.26. The molecule has 0 fully saturated rings. The van der Waals surface area contributed by atoms with E-state index < -0.39 is 0 Å². The highest BCUT2D eigenvalue weighted by atomic mass is 16.5. The molecule has 0 aliphatic carbocycles. The fraction of sp³-hybridized carbons (Fsp3) is 0.389. The van der Waals surface area contributed by atoms with E-state index in [0.717, 1.165) is 24.3 Å². The summed E-state index contributed by atoms with van der Waals surface area (Å²) in [7, 11) is 1.65. The van der Waals surface area contributed by atoms with Crippen molar-refractivity contribution < 1.29 is 9.53 Å². The molecule has 0 bridgehead atoms. The van der Waals surface area contributed by atoms with Crippen molar-refractivity contribution in [1.29, 1.82) is 0 Å². The standard InChI is InChI=1S/C18H24N4O2/c1-12(2)15-11-16(22-18(19)21-15)17(23)20-9-5-7-13-6-4-8-14(10-13)24-3/h4,6,8,10-12H,5,7,9H2,1-3H3,(H,20,23)(H2,19,21,22). The molecule has 2 rings (SSSR count). The van der Waals surface area contributed by atoms with Crippen LogP contribution in [-0.4, -0.2) is 29.5 Å². The summed E-state index contributed by atoms with van der Waals surface area (Å²) < 4.78 is 5.20. The van der Waals surface area contributed by atoms with E-state index >= 15 is 0 Å². The SMILES string of the molecule is COc1cccc(CCCNC(=O)c2cc(C(C)C)nc(N)n2)c1. The zero-order valence-corrected chi connectivity index (χ0v) is 14.4. The van der Waals surface area contributed by atoms with Gasteiger partial charge in [-0.3, -0.25) is 4.79 Å². The Morgan fingerprint density at radius 1 is 1.29 bits per heavy atom. The van der Waals surface area contributed by atoms with Gasteiger partial charge in [0.05, 0.1) is 7.11 Å². The molecule has 128 valence electrons. The van der Waals surface area contributed by atoms with E-state index in [1.807, 2.05) is 38.1 Å². The first-order chi connectivity index (χ1) is 11.5. The molecule has 0 aliphatic heterocycles. The van der Waals surface area contributed by atoms with E-state index in [0.29, 0.717) is 12.2 Å². The molecule has 6 nitrogen and oxygen atoms in total. The second kappa shape index (κ2) is 8.29. The van der Waals surface area contributed by atoms with Gasteiger partial charge in [-0.25, -0.2) is 9.97 Å². The van der Waals surface area contributed by atoms with E-state index in [9.17, 15) is 4.79 Å². The van der Waals surface area contributed by atoms with Gasteiger partial charge in [0.25, 0.3) is 5.91 Å². The molecule has 1 aromatic heterocycles. The Kier molecular flexibility index (Phi) is 6.12. The average Bonchev–Trinajstić information content (AvgIpc) is 2.58. The molecular formula is C18H24N4O2. The highest BCUT2D eigenvalue weighted by molar-refractivity contribution is 5.92. The maximum absolute atomic E-state index is 12.2. The number of carbonyl (C=O) groups is 1. The largest absolute Gasteiger partial charge is 0.497 e. The first-order valence-corrected chi connectivity index (χ1v) is 8.05. The number of nitrogens with zero attached hydrogens (tertiary/aromatic N) is 2. The highest BCUT2D eigenvalue weighted by Crippen LogP contribution is 2.14. The number of nitrogens with one attached hydrogen (secondary N) is 1. The first-order valence-electron chi connectivity index (χ1n) is 8.05. The molecule has 0 atom stereocenters. The molecule has 0 saturated carbocycles. The van der Waals surface area contributed by atoms with Crippen molar-refractivity contribution in [2.24, 2.45) is 0 Å². The number of anilines is 1. The molecule has 24 heavy (non-hydrogen) atoms. The summed E-state index contributed by atoms with van der Waals surface area (Å²) in [6.07, 6.45) is 1.69. The van der Waals surface area contributed by atoms with Gasteiger partial charge in [-0.1, -0.05) is 26.0 Å². The predicted octanol–water partition coefficient (Wildman–Crippen LogP) is 2.55. The Hall–Kier alpha value is -2.63. The molecule has 0 saturated heterocycles. The number of amides is 1. The Morgan fingerprint density at radius 2 is 2.08 bits per heavy atom. The number of ether oxygens (including phenoxy) is 1. The van der Waals surface area contributed by atoms with E-state index in [1.165, 1.54) is 5.56 Å². The number of carbonyl (C=O) groups excluding carboxylic acids is 1. The maximum Gasteiger partial charge on any atom is 0.270 e. The van der Waals surface area contributed by atoms with Gasteiger partial charge in [0.2, 0.25) is 5.95 Å². The second-order valence-corrected chi connectivity index (χ2v) is 5.90. The van der Waals surface area contributed by atoms with E-state index in [-0.39, 0.29) is 17.8 Å². The fourth-order valence-corrected chi connectivity index (χ4v) is 2.31. The smallest absolute Gasteiger partial charge is 0.270 e. The van der Waals surface area contributed by atoms with Crippen LogP contribution >= 0.6 is 0 Å². The van der Waals surface area contributed by atoms with E-state index in [2.05, 4.69) is 15.3 Å². The lowest BCUT2D eigenvalue weighted by Gasteiger charge is -2.09. The monoisotopic (exact) mass is 328 g/mol. The van der Waals surface area contributed by atoms with Crippen LogP contribution in [0.3, 0.4) is 0 Å². The van der Waals surface area contributed by atoms with Crippen LogP contribution in [0.25, 0.3) is 0 Å². The summed E-state index contributed by atoms with van der Waals surface area (Å²) in [6, 6.07) is 9.62. The summed E-state index contributed by atoms with van der Waals surface area (Å²) in [5.74, 6) is 0.934. The van der Waals surface area contributed by atoms with Crippen LogP contribution < -0.4 is 15.8 Å². The number of hydrogen-bond acceptors (Lipinski definition) is 5. The van der Waals surface area contributed by atoms with Crippen LogP contribution in [0, 0.1) is 0 Å².